The summed E-state index contributed by atoms with van der Waals surface area (Å²) in [5.74, 6) is -1.80. The molecular formula is C20H19ClFN5S. The molecule has 1 N–H and O–H groups in total. The standard InChI is InChI=1S/C20H19ClFN5S/c1-12-6-13(7-14(9-23)18(12)22)10-27-4-2-15(3-5-27)26-19-16-8-17(21)28-20(16)25-11-24-19/h6-8,11,15H,2-5,10H2,1H3,(H,24,25,26)/i2D2,3D2,4D2,5D2,8D,10D,11D,15D/hD. The minimum atomic E-state index is -3.86. The van der Waals surface area contributed by atoms with Crippen LogP contribution in [-0.2, 0) is 6.52 Å². The van der Waals surface area contributed by atoms with Crippen LogP contribution in [0.2, 0.25) is 5.75 Å². The van der Waals surface area contributed by atoms with Gasteiger partial charge in [0, 0.05) is 37.9 Å². The number of nitrogens with zero attached hydrogens (tertiary/aromatic N) is 4. The second-order valence-corrected chi connectivity index (χ2v) is 7.17. The van der Waals surface area contributed by atoms with Gasteiger partial charge in [-0.15, -0.1) is 11.3 Å². The lowest BCUT2D eigenvalue weighted by Gasteiger charge is -2.32. The Kier molecular flexibility index (Phi) is 2.58. The molecule has 1 unspecified atom stereocenters. The van der Waals surface area contributed by atoms with E-state index in [4.69, 9.17) is 29.5 Å². The van der Waals surface area contributed by atoms with Gasteiger partial charge in [-0.25, -0.2) is 14.4 Å². The van der Waals surface area contributed by atoms with Crippen molar-refractivity contribution in [2.75, 3.05) is 18.3 Å². The predicted octanol–water partition coefficient (Wildman–Crippen LogP) is 4.74. The van der Waals surface area contributed by atoms with Crippen molar-refractivity contribution in [3.8, 4) is 6.07 Å². The first-order valence-electron chi connectivity index (χ1n) is 14.3. The number of anilines is 1. The molecule has 8 heteroatoms. The van der Waals surface area contributed by atoms with Gasteiger partial charge in [0.05, 0.1) is 18.0 Å². The molecule has 4 rings (SSSR count). The van der Waals surface area contributed by atoms with E-state index in [9.17, 15) is 9.65 Å². The van der Waals surface area contributed by atoms with Crippen LogP contribution in [0.3, 0.4) is 0 Å². The van der Waals surface area contributed by atoms with Crippen LogP contribution in [0.25, 0.3) is 10.2 Å². The van der Waals surface area contributed by atoms with E-state index in [1.165, 1.54) is 6.92 Å². The Morgan fingerprint density at radius 1 is 1.57 bits per heavy atom. The van der Waals surface area contributed by atoms with Crippen molar-refractivity contribution >= 4 is 39.0 Å². The zero-order chi connectivity index (χ0) is 31.2. The van der Waals surface area contributed by atoms with E-state index in [0.29, 0.717) is 11.3 Å². The van der Waals surface area contributed by atoms with Gasteiger partial charge < -0.3 is 5.31 Å². The first kappa shape index (κ1) is 9.04. The fourth-order valence-corrected chi connectivity index (χ4v) is 3.38. The Labute approximate surface area is 190 Å². The topological polar surface area (TPSA) is 64.8 Å². The summed E-state index contributed by atoms with van der Waals surface area (Å²) in [4.78, 5) is 7.21. The summed E-state index contributed by atoms with van der Waals surface area (Å²) in [7, 11) is 0. The van der Waals surface area contributed by atoms with E-state index in [1.807, 2.05) is 0 Å². The van der Waals surface area contributed by atoms with Crippen LogP contribution in [0, 0.1) is 24.1 Å². The molecule has 1 aromatic carbocycles. The van der Waals surface area contributed by atoms with Crippen LogP contribution in [0.4, 0.5) is 10.2 Å². The molecule has 144 valence electrons. The van der Waals surface area contributed by atoms with Crippen LogP contribution < -0.4 is 5.31 Å². The summed E-state index contributed by atoms with van der Waals surface area (Å²) in [6, 6.07) is -0.917. The first-order valence-corrected chi connectivity index (χ1v) is 8.94. The number of piperidine rings is 1. The zero-order valence-corrected chi connectivity index (χ0v) is 15.7. The van der Waals surface area contributed by atoms with Gasteiger partial charge in [-0.1, -0.05) is 17.7 Å². The SMILES string of the molecule is [2H]c1nc(N([2H])C2([2H])C([2H])([2H])C([2H])([2H])N(C([2H])c3cc(C)c(F)c(C#N)c3)C([2H])([2H])C2([2H])[2H])c2c([2H])c(Cl)sc2n1. The number of rotatable bonds is 4. The summed E-state index contributed by atoms with van der Waals surface area (Å²) < 4.78 is 126. The largest absolute Gasteiger partial charge is 0.367 e. The smallest absolute Gasteiger partial charge is 0.162 e. The summed E-state index contributed by atoms with van der Waals surface area (Å²) in [5.41, 5.74) is -1.08. The normalized spacial score (nSPS) is 31.9. The Balaban J connectivity index is 1.98. The highest BCUT2D eigenvalue weighted by Gasteiger charge is 2.21. The number of hydrogen-bond acceptors (Lipinski definition) is 6. The van der Waals surface area contributed by atoms with Gasteiger partial charge in [-0.2, -0.15) is 5.26 Å². The molecule has 28 heavy (non-hydrogen) atoms. The lowest BCUT2D eigenvalue weighted by atomic mass is 10.0. The third kappa shape index (κ3) is 3.95. The number of hydrogen-bond donors (Lipinski definition) is 1. The lowest BCUT2D eigenvalue weighted by Crippen LogP contribution is -2.38. The quantitative estimate of drug-likeness (QED) is 0.650. The predicted molar refractivity (Wildman–Crippen MR) is 110 cm³/mol. The van der Waals surface area contributed by atoms with Gasteiger partial charge >= 0.3 is 0 Å². The monoisotopic (exact) mass is 428 g/mol. The van der Waals surface area contributed by atoms with E-state index in [1.54, 1.807) is 6.07 Å². The van der Waals surface area contributed by atoms with Gasteiger partial charge in [0.1, 0.15) is 30.2 Å². The van der Waals surface area contributed by atoms with Crippen molar-refractivity contribution in [2.24, 2.45) is 0 Å². The fourth-order valence-electron chi connectivity index (χ4n) is 2.41. The highest BCUT2D eigenvalue weighted by molar-refractivity contribution is 7.22. The summed E-state index contributed by atoms with van der Waals surface area (Å²) in [6.07, 6.45) is -8.49. The van der Waals surface area contributed by atoms with E-state index in [0.717, 1.165) is 12.1 Å². The zero-order valence-electron chi connectivity index (χ0n) is 27.1. The first-order chi connectivity index (χ1) is 18.6. The minimum Gasteiger partial charge on any atom is -0.367 e. The number of nitriles is 1. The summed E-state index contributed by atoms with van der Waals surface area (Å²) >= 11 is 6.69. The maximum absolute atomic E-state index is 14.3. The second-order valence-electron chi connectivity index (χ2n) is 5.57. The minimum absolute atomic E-state index is 0.0999. The molecule has 1 atom stereocenters. The van der Waals surface area contributed by atoms with Gasteiger partial charge in [0.25, 0.3) is 0 Å². The number of fused-ring (bicyclic) bond motifs is 1. The molecular weight excluding hydrogens is 397 g/mol. The number of thiophene rings is 1. The van der Waals surface area contributed by atoms with Crippen LogP contribution in [0.15, 0.2) is 24.5 Å². The number of aromatic nitrogens is 2. The summed E-state index contributed by atoms with van der Waals surface area (Å²) in [5, 5.41) is 8.67. The Hall–Kier alpha value is -2.27. The highest BCUT2D eigenvalue weighted by Crippen LogP contribution is 2.32. The molecule has 0 bridgehead atoms. The number of aryl methyl sites for hydroxylation is 1. The van der Waals surface area contributed by atoms with E-state index >= 15 is 0 Å². The molecule has 3 heterocycles. The molecule has 0 radical (unpaired) electrons. The number of nitrogens with one attached hydrogen (secondary N) is 1. The van der Waals surface area contributed by atoms with Crippen LogP contribution in [0.1, 0.15) is 45.9 Å². The molecule has 1 saturated heterocycles. The number of halogens is 2. The highest BCUT2D eigenvalue weighted by atomic mass is 35.5. The maximum atomic E-state index is 14.3. The molecule has 0 spiro atoms. The molecule has 0 saturated carbocycles. The van der Waals surface area contributed by atoms with Crippen molar-refractivity contribution < 1.29 is 22.3 Å². The maximum Gasteiger partial charge on any atom is 0.162 e. The molecule has 2 aromatic heterocycles. The molecule has 0 aliphatic carbocycles. The van der Waals surface area contributed by atoms with Crippen molar-refractivity contribution in [2.45, 2.75) is 32.2 Å². The molecule has 0 amide bonds. The molecule has 5 nitrogen and oxygen atoms in total. The second kappa shape index (κ2) is 8.00. The average molecular weight is 429 g/mol. The molecule has 1 fully saturated rings. The van der Waals surface area contributed by atoms with Gasteiger partial charge in [-0.05, 0) is 42.9 Å². The van der Waals surface area contributed by atoms with E-state index in [2.05, 4.69) is 9.97 Å². The molecule has 1 aliphatic heterocycles. The van der Waals surface area contributed by atoms with Crippen LogP contribution in [0.5, 0.6) is 0 Å². The molecule has 3 aromatic rings. The van der Waals surface area contributed by atoms with Crippen molar-refractivity contribution in [3.63, 3.8) is 0 Å². The van der Waals surface area contributed by atoms with Gasteiger partial charge in [-0.3, -0.25) is 4.90 Å². The van der Waals surface area contributed by atoms with E-state index in [-0.39, 0.29) is 35.9 Å². The summed E-state index contributed by atoms with van der Waals surface area (Å²) in [6.45, 7) is -8.48. The van der Waals surface area contributed by atoms with Crippen LogP contribution >= 0.6 is 22.9 Å². The number of likely N-dealkylation sites (tertiary alicyclic amines) is 1. The third-order valence-corrected chi connectivity index (χ3v) is 4.73. The Bertz CT molecular complexity index is 1580. The Morgan fingerprint density at radius 3 is 3.11 bits per heavy atom. The van der Waals surface area contributed by atoms with Crippen molar-refractivity contribution in [1.29, 1.82) is 5.26 Å². The van der Waals surface area contributed by atoms with Crippen molar-refractivity contribution in [3.05, 3.63) is 51.3 Å². The Morgan fingerprint density at radius 2 is 2.36 bits per heavy atom. The lowest BCUT2D eigenvalue weighted by molar-refractivity contribution is 0.211. The third-order valence-electron chi connectivity index (χ3n) is 3.64. The van der Waals surface area contributed by atoms with Gasteiger partial charge in [0.15, 0.2) is 1.41 Å². The fraction of sp³-hybridized carbons (Fsp3) is 0.350. The molecule has 1 aliphatic rings. The number of benzene rings is 1. The van der Waals surface area contributed by atoms with Crippen molar-refractivity contribution in [1.82, 2.24) is 14.9 Å². The van der Waals surface area contributed by atoms with E-state index < -0.39 is 67.8 Å². The average Bonchev–Trinajstić information content (AvgIpc) is 3.15. The van der Waals surface area contributed by atoms with Gasteiger partial charge in [0.2, 0.25) is 0 Å². The van der Waals surface area contributed by atoms with Crippen LogP contribution in [-0.4, -0.2) is 33.9 Å².